The van der Waals surface area contributed by atoms with Crippen LogP contribution in [0, 0.1) is 0 Å². The van der Waals surface area contributed by atoms with Gasteiger partial charge in [0.2, 0.25) is 0 Å². The zero-order valence-electron chi connectivity index (χ0n) is 10.7. The van der Waals surface area contributed by atoms with Crippen LogP contribution < -0.4 is 5.32 Å². The van der Waals surface area contributed by atoms with Crippen molar-refractivity contribution in [1.29, 1.82) is 0 Å². The number of hydrogen-bond donors (Lipinski definition) is 1. The molecular formula is C13H19N5. The van der Waals surface area contributed by atoms with E-state index in [1.54, 1.807) is 6.33 Å². The molecule has 0 aliphatic rings. The Morgan fingerprint density at radius 2 is 2.22 bits per heavy atom. The summed E-state index contributed by atoms with van der Waals surface area (Å²) in [6, 6.07) is 5.99. The molecule has 2 rings (SSSR count). The maximum Gasteiger partial charge on any atom is 0.140 e. The van der Waals surface area contributed by atoms with Crippen LogP contribution in [0.3, 0.4) is 0 Å². The summed E-state index contributed by atoms with van der Waals surface area (Å²) >= 11 is 0. The maximum atomic E-state index is 4.29. The number of rotatable bonds is 7. The Labute approximate surface area is 107 Å². The third kappa shape index (κ3) is 3.63. The van der Waals surface area contributed by atoms with Gasteiger partial charge in [-0.05, 0) is 18.6 Å². The van der Waals surface area contributed by atoms with Gasteiger partial charge >= 0.3 is 0 Å². The Morgan fingerprint density at radius 1 is 1.28 bits per heavy atom. The van der Waals surface area contributed by atoms with Crippen LogP contribution in [0.4, 0.5) is 0 Å². The van der Waals surface area contributed by atoms with Crippen molar-refractivity contribution in [2.75, 3.05) is 6.54 Å². The van der Waals surface area contributed by atoms with Gasteiger partial charge in [0, 0.05) is 31.4 Å². The standard InChI is InChI=1S/C13H19N5/c1-2-9-18-13(16-11-17-18)10-14-8-6-12-5-3-4-7-15-12/h3-5,7,11,14H,2,6,8-10H2,1H3. The van der Waals surface area contributed by atoms with Crippen molar-refractivity contribution < 1.29 is 0 Å². The Morgan fingerprint density at radius 3 is 3.00 bits per heavy atom. The van der Waals surface area contributed by atoms with E-state index < -0.39 is 0 Å². The summed E-state index contributed by atoms with van der Waals surface area (Å²) in [6.07, 6.45) is 5.45. The lowest BCUT2D eigenvalue weighted by Crippen LogP contribution is -2.20. The summed E-state index contributed by atoms with van der Waals surface area (Å²) in [7, 11) is 0. The number of aromatic nitrogens is 4. The van der Waals surface area contributed by atoms with Crippen LogP contribution in [0.2, 0.25) is 0 Å². The van der Waals surface area contributed by atoms with Crippen LogP contribution in [0.5, 0.6) is 0 Å². The first-order chi connectivity index (χ1) is 8.90. The van der Waals surface area contributed by atoms with Gasteiger partial charge in [-0.1, -0.05) is 13.0 Å². The predicted octanol–water partition coefficient (Wildman–Crippen LogP) is 1.42. The molecule has 2 aromatic heterocycles. The van der Waals surface area contributed by atoms with Crippen molar-refractivity contribution in [3.8, 4) is 0 Å². The summed E-state index contributed by atoms with van der Waals surface area (Å²) in [6.45, 7) is 4.72. The molecule has 96 valence electrons. The summed E-state index contributed by atoms with van der Waals surface area (Å²) < 4.78 is 1.95. The van der Waals surface area contributed by atoms with Gasteiger partial charge in [-0.3, -0.25) is 4.98 Å². The number of pyridine rings is 1. The van der Waals surface area contributed by atoms with Crippen molar-refractivity contribution in [3.05, 3.63) is 42.2 Å². The quantitative estimate of drug-likeness (QED) is 0.749. The fourth-order valence-corrected chi connectivity index (χ4v) is 1.79. The van der Waals surface area contributed by atoms with E-state index in [-0.39, 0.29) is 0 Å². The van der Waals surface area contributed by atoms with Crippen LogP contribution in [-0.4, -0.2) is 26.3 Å². The molecule has 2 aromatic rings. The predicted molar refractivity (Wildman–Crippen MR) is 70.0 cm³/mol. The molecule has 0 spiro atoms. The van der Waals surface area contributed by atoms with E-state index in [0.717, 1.165) is 44.0 Å². The molecule has 0 saturated heterocycles. The third-order valence-electron chi connectivity index (χ3n) is 2.70. The Hall–Kier alpha value is -1.75. The van der Waals surface area contributed by atoms with E-state index >= 15 is 0 Å². The number of hydrogen-bond acceptors (Lipinski definition) is 4. The first-order valence-electron chi connectivity index (χ1n) is 6.37. The minimum atomic E-state index is 0.757. The molecule has 5 heteroatoms. The first-order valence-corrected chi connectivity index (χ1v) is 6.37. The molecule has 0 unspecified atom stereocenters. The number of nitrogens with one attached hydrogen (secondary N) is 1. The molecule has 1 N–H and O–H groups in total. The molecule has 0 radical (unpaired) electrons. The monoisotopic (exact) mass is 245 g/mol. The molecule has 0 atom stereocenters. The SMILES string of the molecule is CCCn1ncnc1CNCCc1ccccn1. The molecule has 0 fully saturated rings. The topological polar surface area (TPSA) is 55.6 Å². The van der Waals surface area contributed by atoms with E-state index in [1.165, 1.54) is 0 Å². The smallest absolute Gasteiger partial charge is 0.140 e. The minimum Gasteiger partial charge on any atom is -0.309 e. The molecule has 18 heavy (non-hydrogen) atoms. The van der Waals surface area contributed by atoms with Gasteiger partial charge in [0.15, 0.2) is 0 Å². The van der Waals surface area contributed by atoms with Crippen LogP contribution in [0.1, 0.15) is 24.9 Å². The lowest BCUT2D eigenvalue weighted by atomic mass is 10.3. The van der Waals surface area contributed by atoms with Crippen molar-refractivity contribution in [1.82, 2.24) is 25.1 Å². The van der Waals surface area contributed by atoms with E-state index in [0.29, 0.717) is 0 Å². The number of aryl methyl sites for hydroxylation is 1. The highest BCUT2D eigenvalue weighted by Gasteiger charge is 2.02. The Kier molecular flexibility index (Phi) is 4.84. The van der Waals surface area contributed by atoms with E-state index in [2.05, 4.69) is 27.3 Å². The zero-order valence-corrected chi connectivity index (χ0v) is 10.7. The highest BCUT2D eigenvalue weighted by atomic mass is 15.3. The van der Waals surface area contributed by atoms with Gasteiger partial charge in [0.1, 0.15) is 12.2 Å². The highest BCUT2D eigenvalue weighted by Crippen LogP contribution is 1.97. The molecular weight excluding hydrogens is 226 g/mol. The maximum absolute atomic E-state index is 4.29. The second-order valence-corrected chi connectivity index (χ2v) is 4.15. The van der Waals surface area contributed by atoms with E-state index in [4.69, 9.17) is 0 Å². The largest absolute Gasteiger partial charge is 0.309 e. The number of nitrogens with zero attached hydrogens (tertiary/aromatic N) is 4. The summed E-state index contributed by atoms with van der Waals surface area (Å²) in [5.41, 5.74) is 1.11. The van der Waals surface area contributed by atoms with Crippen molar-refractivity contribution in [2.24, 2.45) is 0 Å². The fourth-order valence-electron chi connectivity index (χ4n) is 1.79. The van der Waals surface area contributed by atoms with Crippen LogP contribution in [0.25, 0.3) is 0 Å². The summed E-state index contributed by atoms with van der Waals surface area (Å²) in [4.78, 5) is 8.54. The fraction of sp³-hybridized carbons (Fsp3) is 0.462. The first kappa shape index (κ1) is 12.7. The van der Waals surface area contributed by atoms with Gasteiger partial charge in [0.25, 0.3) is 0 Å². The second kappa shape index (κ2) is 6.86. The van der Waals surface area contributed by atoms with Crippen LogP contribution >= 0.6 is 0 Å². The van der Waals surface area contributed by atoms with Gasteiger partial charge < -0.3 is 5.32 Å². The molecule has 0 amide bonds. The van der Waals surface area contributed by atoms with Crippen LogP contribution in [0.15, 0.2) is 30.7 Å². The van der Waals surface area contributed by atoms with Crippen molar-refractivity contribution in [2.45, 2.75) is 32.9 Å². The molecule has 2 heterocycles. The van der Waals surface area contributed by atoms with Gasteiger partial charge in [-0.15, -0.1) is 0 Å². The lowest BCUT2D eigenvalue weighted by Gasteiger charge is -2.06. The molecule has 0 bridgehead atoms. The Balaban J connectivity index is 1.73. The molecule has 0 aromatic carbocycles. The van der Waals surface area contributed by atoms with E-state index in [9.17, 15) is 0 Å². The Bertz CT molecular complexity index is 451. The molecule has 5 nitrogen and oxygen atoms in total. The summed E-state index contributed by atoms with van der Waals surface area (Å²) in [5.74, 6) is 0.998. The minimum absolute atomic E-state index is 0.757. The molecule has 0 aliphatic heterocycles. The molecule has 0 aliphatic carbocycles. The average Bonchev–Trinajstić information content (AvgIpc) is 2.84. The summed E-state index contributed by atoms with van der Waals surface area (Å²) in [5, 5.41) is 7.57. The van der Waals surface area contributed by atoms with E-state index in [1.807, 2.05) is 29.1 Å². The second-order valence-electron chi connectivity index (χ2n) is 4.15. The van der Waals surface area contributed by atoms with Crippen molar-refractivity contribution >= 4 is 0 Å². The average molecular weight is 245 g/mol. The van der Waals surface area contributed by atoms with Gasteiger partial charge in [0.05, 0.1) is 6.54 Å². The highest BCUT2D eigenvalue weighted by molar-refractivity contribution is 5.03. The van der Waals surface area contributed by atoms with Gasteiger partial charge in [-0.25, -0.2) is 9.67 Å². The zero-order chi connectivity index (χ0) is 12.6. The van der Waals surface area contributed by atoms with Crippen LogP contribution in [-0.2, 0) is 19.5 Å². The van der Waals surface area contributed by atoms with Gasteiger partial charge in [-0.2, -0.15) is 5.10 Å². The normalized spacial score (nSPS) is 10.7. The van der Waals surface area contributed by atoms with Crippen molar-refractivity contribution in [3.63, 3.8) is 0 Å². The third-order valence-corrected chi connectivity index (χ3v) is 2.70. The molecule has 0 saturated carbocycles. The lowest BCUT2D eigenvalue weighted by molar-refractivity contribution is 0.542.